The van der Waals surface area contributed by atoms with Crippen LogP contribution in [0.4, 0.5) is 0 Å². The molecule has 0 bridgehead atoms. The molecule has 0 aromatic carbocycles. The third-order valence-electron chi connectivity index (χ3n) is 5.04. The Kier molecular flexibility index (Phi) is 2.61. The summed E-state index contributed by atoms with van der Waals surface area (Å²) in [6, 6.07) is -0.0869. The van der Waals surface area contributed by atoms with Gasteiger partial charge < -0.3 is 25.7 Å². The van der Waals surface area contributed by atoms with Gasteiger partial charge in [0.1, 0.15) is 11.7 Å². The van der Waals surface area contributed by atoms with Crippen molar-refractivity contribution in [1.82, 2.24) is 0 Å². The summed E-state index contributed by atoms with van der Waals surface area (Å²) < 4.78 is 18.0. The quantitative estimate of drug-likeness (QED) is 0.698. The molecule has 3 saturated heterocycles. The molecule has 3 rings (SSSR count). The van der Waals surface area contributed by atoms with Crippen molar-refractivity contribution in [2.45, 2.75) is 68.6 Å². The van der Waals surface area contributed by atoms with Crippen molar-refractivity contribution in [3.05, 3.63) is 0 Å². The molecule has 6 atom stereocenters. The van der Waals surface area contributed by atoms with Crippen LogP contribution >= 0.6 is 0 Å². The lowest BCUT2D eigenvalue weighted by atomic mass is 9.56. The normalized spacial score (nSPS) is 57.2. The van der Waals surface area contributed by atoms with Crippen LogP contribution < -0.4 is 11.5 Å². The van der Waals surface area contributed by atoms with Crippen molar-refractivity contribution >= 4 is 0 Å². The van der Waals surface area contributed by atoms with Crippen molar-refractivity contribution in [2.24, 2.45) is 11.5 Å². The molecule has 0 aromatic heterocycles. The molecular formula is C13H24N2O3. The average Bonchev–Trinajstić information content (AvgIpc) is 2.33. The zero-order valence-corrected chi connectivity index (χ0v) is 11.4. The third-order valence-corrected chi connectivity index (χ3v) is 5.04. The maximum atomic E-state index is 6.44. The van der Waals surface area contributed by atoms with Gasteiger partial charge >= 0.3 is 0 Å². The lowest BCUT2D eigenvalue weighted by Gasteiger charge is -2.72. The van der Waals surface area contributed by atoms with Crippen LogP contribution in [-0.2, 0) is 14.2 Å². The molecule has 5 heteroatoms. The minimum Gasteiger partial charge on any atom is -0.368 e. The fourth-order valence-electron chi connectivity index (χ4n) is 4.12. The molecule has 3 heterocycles. The highest BCUT2D eigenvalue weighted by Gasteiger charge is 2.78. The van der Waals surface area contributed by atoms with Crippen LogP contribution in [0.1, 0.15) is 33.6 Å². The summed E-state index contributed by atoms with van der Waals surface area (Å²) in [5, 5.41) is 0. The summed E-state index contributed by atoms with van der Waals surface area (Å²) in [7, 11) is 0. The minimum absolute atomic E-state index is 0.0167. The molecule has 0 radical (unpaired) electrons. The Bertz CT molecular complexity index is 360. The summed E-state index contributed by atoms with van der Waals surface area (Å²) in [4.78, 5) is 0. The van der Waals surface area contributed by atoms with E-state index in [9.17, 15) is 0 Å². The van der Waals surface area contributed by atoms with E-state index < -0.39 is 11.2 Å². The van der Waals surface area contributed by atoms with Gasteiger partial charge in [-0.3, -0.25) is 0 Å². The smallest absolute Gasteiger partial charge is 0.152 e. The summed E-state index contributed by atoms with van der Waals surface area (Å²) >= 11 is 0. The largest absolute Gasteiger partial charge is 0.368 e. The predicted octanol–water partition coefficient (Wildman–Crippen LogP) is 0.157. The second-order valence-corrected chi connectivity index (χ2v) is 6.34. The Balaban J connectivity index is 2.02. The van der Waals surface area contributed by atoms with Gasteiger partial charge in [-0.1, -0.05) is 0 Å². The monoisotopic (exact) mass is 256 g/mol. The Morgan fingerprint density at radius 3 is 2.50 bits per heavy atom. The molecule has 3 aliphatic heterocycles. The van der Waals surface area contributed by atoms with Gasteiger partial charge in [-0.05, 0) is 33.6 Å². The Morgan fingerprint density at radius 1 is 1.33 bits per heavy atom. The molecule has 5 nitrogen and oxygen atoms in total. The fourth-order valence-corrected chi connectivity index (χ4v) is 4.12. The molecule has 104 valence electrons. The molecule has 0 aromatic rings. The first-order valence-corrected chi connectivity index (χ1v) is 6.85. The van der Waals surface area contributed by atoms with Crippen molar-refractivity contribution in [2.75, 3.05) is 13.2 Å². The highest BCUT2D eigenvalue weighted by molar-refractivity contribution is 5.29. The average molecular weight is 256 g/mol. The van der Waals surface area contributed by atoms with Crippen LogP contribution in [0, 0.1) is 0 Å². The van der Waals surface area contributed by atoms with Crippen LogP contribution in [0.25, 0.3) is 0 Å². The number of nitrogens with two attached hydrogens (primary N) is 2. The number of hydrogen-bond donors (Lipinski definition) is 2. The summed E-state index contributed by atoms with van der Waals surface area (Å²) in [6.07, 6.45) is 1.76. The van der Waals surface area contributed by atoms with E-state index in [1.165, 1.54) is 0 Å². The lowest BCUT2D eigenvalue weighted by Crippen LogP contribution is -2.91. The van der Waals surface area contributed by atoms with Gasteiger partial charge in [0, 0.05) is 12.6 Å². The van der Waals surface area contributed by atoms with E-state index in [1.807, 2.05) is 13.8 Å². The van der Waals surface area contributed by atoms with E-state index in [0.717, 1.165) is 19.4 Å². The van der Waals surface area contributed by atoms with Crippen LogP contribution in [0.5, 0.6) is 0 Å². The number of ether oxygens (including phenoxy) is 3. The fraction of sp³-hybridized carbons (Fsp3) is 1.00. The molecule has 18 heavy (non-hydrogen) atoms. The molecule has 4 N–H and O–H groups in total. The number of hydrogen-bond acceptors (Lipinski definition) is 5. The maximum absolute atomic E-state index is 6.44. The minimum atomic E-state index is -0.471. The predicted molar refractivity (Wildman–Crippen MR) is 67.2 cm³/mol. The molecule has 0 aliphatic carbocycles. The molecule has 2 spiro atoms. The van der Waals surface area contributed by atoms with Crippen LogP contribution in [0.15, 0.2) is 0 Å². The summed E-state index contributed by atoms with van der Waals surface area (Å²) in [6.45, 7) is 7.35. The standard InChI is InChI=1S/C13H24N2O3/c1-8(14)10-13(9(2)18-10)12(5-4-6-16-13)11(3,15)7-17-12/h8-10H,4-7,14-15H2,1-3H3. The Hall–Kier alpha value is -0.200. The maximum Gasteiger partial charge on any atom is 0.152 e. The molecule has 0 saturated carbocycles. The van der Waals surface area contributed by atoms with E-state index in [0.29, 0.717) is 6.61 Å². The van der Waals surface area contributed by atoms with Gasteiger partial charge in [-0.15, -0.1) is 0 Å². The second kappa shape index (κ2) is 3.67. The first-order chi connectivity index (χ1) is 8.37. The molecule has 3 fully saturated rings. The second-order valence-electron chi connectivity index (χ2n) is 6.34. The van der Waals surface area contributed by atoms with Gasteiger partial charge in [0.25, 0.3) is 0 Å². The van der Waals surface area contributed by atoms with Crippen LogP contribution in [0.2, 0.25) is 0 Å². The van der Waals surface area contributed by atoms with E-state index in [1.54, 1.807) is 0 Å². The molecular weight excluding hydrogens is 232 g/mol. The van der Waals surface area contributed by atoms with Crippen LogP contribution in [-0.4, -0.2) is 48.2 Å². The number of rotatable bonds is 1. The van der Waals surface area contributed by atoms with Gasteiger partial charge in [0.2, 0.25) is 0 Å². The van der Waals surface area contributed by atoms with E-state index in [2.05, 4.69) is 6.92 Å². The molecule has 0 amide bonds. The molecule has 3 aliphatic rings. The SMILES string of the molecule is CC(N)C1OC(C)C12OCCCC21OCC1(C)N. The zero-order valence-electron chi connectivity index (χ0n) is 11.4. The van der Waals surface area contributed by atoms with Crippen LogP contribution in [0.3, 0.4) is 0 Å². The van der Waals surface area contributed by atoms with Gasteiger partial charge in [0.15, 0.2) is 5.60 Å². The van der Waals surface area contributed by atoms with E-state index in [4.69, 9.17) is 25.7 Å². The third kappa shape index (κ3) is 1.20. The van der Waals surface area contributed by atoms with Crippen molar-refractivity contribution in [1.29, 1.82) is 0 Å². The van der Waals surface area contributed by atoms with E-state index >= 15 is 0 Å². The number of fused-ring (bicyclic) bond motifs is 1. The summed E-state index contributed by atoms with van der Waals surface area (Å²) in [5.74, 6) is 0. The Morgan fingerprint density at radius 2 is 2.06 bits per heavy atom. The Labute approximate surface area is 108 Å². The summed E-state index contributed by atoms with van der Waals surface area (Å²) in [5.41, 5.74) is 11.2. The van der Waals surface area contributed by atoms with Gasteiger partial charge in [0.05, 0.1) is 18.2 Å². The van der Waals surface area contributed by atoms with Crippen molar-refractivity contribution < 1.29 is 14.2 Å². The zero-order chi connectivity index (χ0) is 13.2. The van der Waals surface area contributed by atoms with Crippen molar-refractivity contribution in [3.63, 3.8) is 0 Å². The van der Waals surface area contributed by atoms with E-state index in [-0.39, 0.29) is 23.8 Å². The highest BCUT2D eigenvalue weighted by Crippen LogP contribution is 2.58. The first kappa shape index (κ1) is 12.8. The van der Waals surface area contributed by atoms with Crippen molar-refractivity contribution in [3.8, 4) is 0 Å². The van der Waals surface area contributed by atoms with Gasteiger partial charge in [-0.2, -0.15) is 0 Å². The topological polar surface area (TPSA) is 79.7 Å². The first-order valence-electron chi connectivity index (χ1n) is 6.85. The molecule has 6 unspecified atom stereocenters. The van der Waals surface area contributed by atoms with Gasteiger partial charge in [-0.25, -0.2) is 0 Å². The lowest BCUT2D eigenvalue weighted by molar-refractivity contribution is -0.429. The highest BCUT2D eigenvalue weighted by atomic mass is 16.7.